The number of thioether (sulfide) groups is 1. The molecule has 1 atom stereocenters. The third kappa shape index (κ3) is 4.36. The number of nitrogens with zero attached hydrogens (tertiary/aromatic N) is 3. The molecule has 180 valence electrons. The number of thiazole rings is 1. The van der Waals surface area contributed by atoms with E-state index in [0.717, 1.165) is 43.5 Å². The largest absolute Gasteiger partial charge is 0.489 e. The van der Waals surface area contributed by atoms with E-state index >= 15 is 0 Å². The molecule has 0 unspecified atom stereocenters. The summed E-state index contributed by atoms with van der Waals surface area (Å²) in [5, 5.41) is 9.24. The Morgan fingerprint density at radius 3 is 2.67 bits per heavy atom. The lowest BCUT2D eigenvalue weighted by molar-refractivity contribution is -0.113. The number of aryl methyl sites for hydroxylation is 1. The maximum atomic E-state index is 12.7. The van der Waals surface area contributed by atoms with Crippen molar-refractivity contribution in [2.45, 2.75) is 18.8 Å². The van der Waals surface area contributed by atoms with Gasteiger partial charge >= 0.3 is 0 Å². The summed E-state index contributed by atoms with van der Waals surface area (Å²) in [4.78, 5) is 17.4. The fourth-order valence-corrected chi connectivity index (χ4v) is 6.55. The van der Waals surface area contributed by atoms with Crippen molar-refractivity contribution >= 4 is 56.6 Å². The van der Waals surface area contributed by atoms with Crippen LogP contribution in [0.3, 0.4) is 0 Å². The van der Waals surface area contributed by atoms with Crippen LogP contribution in [0, 0.1) is 6.92 Å². The van der Waals surface area contributed by atoms with Crippen molar-refractivity contribution in [3.63, 3.8) is 0 Å². The van der Waals surface area contributed by atoms with Crippen molar-refractivity contribution in [3.8, 4) is 10.9 Å². The Balaban J connectivity index is 1.32. The molecule has 3 heterocycles. The average molecular weight is 533 g/mol. The summed E-state index contributed by atoms with van der Waals surface area (Å²) < 4.78 is 8.81. The van der Waals surface area contributed by atoms with Crippen LogP contribution in [0.2, 0.25) is 5.02 Å². The summed E-state index contributed by atoms with van der Waals surface area (Å²) in [5.41, 5.74) is 4.79. The van der Waals surface area contributed by atoms with E-state index in [1.807, 2.05) is 79.7 Å². The van der Waals surface area contributed by atoms with E-state index in [4.69, 9.17) is 26.4 Å². The van der Waals surface area contributed by atoms with E-state index in [0.29, 0.717) is 23.2 Å². The monoisotopic (exact) mass is 532 g/mol. The molecule has 3 aromatic carbocycles. The quantitative estimate of drug-likeness (QED) is 0.269. The molecular weight excluding hydrogens is 512 g/mol. The van der Waals surface area contributed by atoms with Gasteiger partial charge in [0.2, 0.25) is 11.0 Å². The number of fused-ring (bicyclic) bond motifs is 2. The Hall–Kier alpha value is -3.33. The summed E-state index contributed by atoms with van der Waals surface area (Å²) in [6.45, 7) is 2.38. The minimum Gasteiger partial charge on any atom is -0.489 e. The number of anilines is 1. The van der Waals surface area contributed by atoms with E-state index < -0.39 is 0 Å². The Morgan fingerprint density at radius 1 is 1.08 bits per heavy atom. The first-order valence-corrected chi connectivity index (χ1v) is 13.6. The third-order valence-corrected chi connectivity index (χ3v) is 8.66. The number of nitrogens with one attached hydrogen (secondary N) is 1. The second-order valence-corrected chi connectivity index (χ2v) is 10.9. The van der Waals surface area contributed by atoms with E-state index in [1.54, 1.807) is 27.8 Å². The molecule has 0 bridgehead atoms. The number of amides is 1. The Labute approximate surface area is 221 Å². The first kappa shape index (κ1) is 23.1. The maximum Gasteiger partial charge on any atom is 0.235 e. The predicted molar refractivity (Wildman–Crippen MR) is 147 cm³/mol. The van der Waals surface area contributed by atoms with Gasteiger partial charge in [0.25, 0.3) is 0 Å². The average Bonchev–Trinajstić information content (AvgIpc) is 3.40. The summed E-state index contributed by atoms with van der Waals surface area (Å²) >= 11 is 9.40. The van der Waals surface area contributed by atoms with Crippen LogP contribution < -0.4 is 10.1 Å². The van der Waals surface area contributed by atoms with Gasteiger partial charge in [-0.05, 0) is 42.8 Å². The van der Waals surface area contributed by atoms with Crippen LogP contribution in [0.25, 0.3) is 15.3 Å². The molecule has 6 nitrogen and oxygen atoms in total. The lowest BCUT2D eigenvalue weighted by atomic mass is 10.0. The van der Waals surface area contributed by atoms with Crippen LogP contribution in [0.5, 0.6) is 5.75 Å². The molecule has 9 heteroatoms. The molecule has 0 aliphatic carbocycles. The zero-order valence-corrected chi connectivity index (χ0v) is 21.7. The van der Waals surface area contributed by atoms with Crippen LogP contribution in [0.1, 0.15) is 27.6 Å². The van der Waals surface area contributed by atoms with Crippen molar-refractivity contribution in [2.24, 2.45) is 0 Å². The molecule has 0 spiro atoms. The molecule has 36 heavy (non-hydrogen) atoms. The van der Waals surface area contributed by atoms with Gasteiger partial charge in [-0.3, -0.25) is 4.79 Å². The number of benzene rings is 3. The fraction of sp³-hybridized carbons (Fsp3) is 0.148. The summed E-state index contributed by atoms with van der Waals surface area (Å²) in [5.74, 6) is 1.74. The molecular formula is C27H21ClN4O2S2. The second kappa shape index (κ2) is 9.61. The number of ether oxygens (including phenoxy) is 1. The number of rotatable bonds is 5. The van der Waals surface area contributed by atoms with E-state index in [9.17, 15) is 4.79 Å². The molecule has 0 radical (unpaired) electrons. The molecule has 6 rings (SSSR count). The molecule has 2 aromatic heterocycles. The SMILES string of the molecule is Cc1nn(-c2nc3ccccc3s2)c2c1[C@H](c1ccc(OCc3ccccc3Cl)cc1)SCC(=O)N2. The van der Waals surface area contributed by atoms with Crippen LogP contribution in [-0.2, 0) is 11.4 Å². The number of halogens is 1. The highest BCUT2D eigenvalue weighted by atomic mass is 35.5. The van der Waals surface area contributed by atoms with E-state index in [-0.39, 0.29) is 11.2 Å². The zero-order chi connectivity index (χ0) is 24.6. The van der Waals surface area contributed by atoms with Crippen LogP contribution in [-0.4, -0.2) is 26.4 Å². The van der Waals surface area contributed by atoms with Crippen molar-refractivity contribution in [2.75, 3.05) is 11.1 Å². The number of carbonyl (C=O) groups excluding carboxylic acids is 1. The van der Waals surface area contributed by atoms with E-state index in [2.05, 4.69) is 5.32 Å². The predicted octanol–water partition coefficient (Wildman–Crippen LogP) is 6.80. The first-order valence-electron chi connectivity index (χ1n) is 11.4. The number of hydrogen-bond acceptors (Lipinski definition) is 6. The molecule has 1 N–H and O–H groups in total. The molecule has 1 amide bonds. The standard InChI is InChI=1S/C27H21ClN4O2S2/c1-16-24-25(17-10-12-19(13-11-17)34-14-18-6-2-3-7-20(18)28)35-15-23(33)30-26(24)32(31-16)27-29-21-8-4-5-9-22(21)36-27/h2-13,25H,14-15H2,1H3,(H,30,33)/t25-/m0/s1. The van der Waals surface area contributed by atoms with E-state index in [1.165, 1.54) is 0 Å². The molecule has 1 aliphatic rings. The van der Waals surface area contributed by atoms with Gasteiger partial charge in [-0.2, -0.15) is 9.78 Å². The third-order valence-electron chi connectivity index (χ3n) is 6.01. The highest BCUT2D eigenvalue weighted by Gasteiger charge is 2.31. The molecule has 0 saturated carbocycles. The minimum absolute atomic E-state index is 0.0503. The Kier molecular flexibility index (Phi) is 6.17. The number of carbonyl (C=O) groups is 1. The lowest BCUT2D eigenvalue weighted by Gasteiger charge is -2.16. The molecule has 0 fully saturated rings. The van der Waals surface area contributed by atoms with Gasteiger partial charge in [0.15, 0.2) is 0 Å². The summed E-state index contributed by atoms with van der Waals surface area (Å²) in [7, 11) is 0. The number of para-hydroxylation sites is 1. The number of aromatic nitrogens is 3. The highest BCUT2D eigenvalue weighted by Crippen LogP contribution is 2.44. The lowest BCUT2D eigenvalue weighted by Crippen LogP contribution is -2.15. The van der Waals surface area contributed by atoms with Crippen molar-refractivity contribution in [3.05, 3.63) is 100 Å². The van der Waals surface area contributed by atoms with Gasteiger partial charge in [-0.15, -0.1) is 11.8 Å². The summed E-state index contributed by atoms with van der Waals surface area (Å²) in [6.07, 6.45) is 0. The minimum atomic E-state index is -0.0558. The summed E-state index contributed by atoms with van der Waals surface area (Å²) in [6, 6.07) is 23.7. The van der Waals surface area contributed by atoms with Crippen LogP contribution in [0.4, 0.5) is 5.82 Å². The Morgan fingerprint density at radius 2 is 1.86 bits per heavy atom. The fourth-order valence-electron chi connectivity index (χ4n) is 4.25. The van der Waals surface area contributed by atoms with Gasteiger partial charge in [-0.25, -0.2) is 4.98 Å². The second-order valence-electron chi connectivity index (χ2n) is 8.41. The number of hydrogen-bond donors (Lipinski definition) is 1. The van der Waals surface area contributed by atoms with Crippen LogP contribution in [0.15, 0.2) is 72.8 Å². The smallest absolute Gasteiger partial charge is 0.235 e. The van der Waals surface area contributed by atoms with Gasteiger partial charge in [0.05, 0.1) is 26.9 Å². The van der Waals surface area contributed by atoms with Gasteiger partial charge in [-0.1, -0.05) is 65.4 Å². The van der Waals surface area contributed by atoms with Crippen molar-refractivity contribution in [1.29, 1.82) is 0 Å². The first-order chi connectivity index (χ1) is 17.6. The van der Waals surface area contributed by atoms with Gasteiger partial charge in [0, 0.05) is 16.1 Å². The highest BCUT2D eigenvalue weighted by molar-refractivity contribution is 8.00. The van der Waals surface area contributed by atoms with Crippen molar-refractivity contribution < 1.29 is 9.53 Å². The van der Waals surface area contributed by atoms with Gasteiger partial charge < -0.3 is 10.1 Å². The Bertz CT molecular complexity index is 1550. The molecule has 1 aliphatic heterocycles. The zero-order valence-electron chi connectivity index (χ0n) is 19.3. The van der Waals surface area contributed by atoms with Crippen molar-refractivity contribution in [1.82, 2.24) is 14.8 Å². The molecule has 5 aromatic rings. The van der Waals surface area contributed by atoms with Crippen LogP contribution >= 0.6 is 34.7 Å². The topological polar surface area (TPSA) is 69.0 Å². The van der Waals surface area contributed by atoms with Gasteiger partial charge in [0.1, 0.15) is 18.2 Å². The maximum absolute atomic E-state index is 12.7. The normalized spacial score (nSPS) is 15.4. The molecule has 0 saturated heterocycles.